The molecule has 3 rings (SSSR count). The summed E-state index contributed by atoms with van der Waals surface area (Å²) in [5.41, 5.74) is 6.11. The number of nitrogens with two attached hydrogens (primary N) is 1. The molecule has 148 valence electrons. The number of benzene rings is 2. The topological polar surface area (TPSA) is 94.3 Å². The van der Waals surface area contributed by atoms with Crippen LogP contribution in [0.15, 0.2) is 65.7 Å². The number of hydrogen-bond acceptors (Lipinski definition) is 5. The summed E-state index contributed by atoms with van der Waals surface area (Å²) < 4.78 is 5.60. The molecule has 2 amide bonds. The number of carbonyl (C=O) groups is 2. The van der Waals surface area contributed by atoms with E-state index in [4.69, 9.17) is 33.7 Å². The van der Waals surface area contributed by atoms with Crippen molar-refractivity contribution in [3.05, 3.63) is 76.4 Å². The van der Waals surface area contributed by atoms with Gasteiger partial charge in [0, 0.05) is 21.5 Å². The highest BCUT2D eigenvalue weighted by atomic mass is 35.5. The van der Waals surface area contributed by atoms with Crippen LogP contribution in [0.25, 0.3) is 0 Å². The lowest BCUT2D eigenvalue weighted by atomic mass is 10.2. The van der Waals surface area contributed by atoms with Gasteiger partial charge in [0.1, 0.15) is 5.75 Å². The molecule has 9 heteroatoms. The minimum atomic E-state index is -0.543. The molecule has 0 aliphatic rings. The predicted octanol–water partition coefficient (Wildman–Crippen LogP) is 5.01. The van der Waals surface area contributed by atoms with Gasteiger partial charge in [-0.15, -0.1) is 11.8 Å². The van der Waals surface area contributed by atoms with Crippen molar-refractivity contribution in [3.63, 3.8) is 0 Å². The summed E-state index contributed by atoms with van der Waals surface area (Å²) in [7, 11) is 0. The molecule has 1 heterocycles. The van der Waals surface area contributed by atoms with E-state index < -0.39 is 5.91 Å². The molecule has 6 nitrogen and oxygen atoms in total. The van der Waals surface area contributed by atoms with E-state index in [0.29, 0.717) is 32.9 Å². The number of thioether (sulfide) groups is 1. The third-order valence-electron chi connectivity index (χ3n) is 3.61. The highest BCUT2D eigenvalue weighted by Gasteiger charge is 2.08. The summed E-state index contributed by atoms with van der Waals surface area (Å²) in [6, 6.07) is 14.8. The second kappa shape index (κ2) is 9.65. The lowest BCUT2D eigenvalue weighted by Crippen LogP contribution is -2.14. The van der Waals surface area contributed by atoms with Crippen LogP contribution >= 0.6 is 35.0 Å². The fourth-order valence-corrected chi connectivity index (χ4v) is 3.57. The number of carbonyl (C=O) groups excluding carboxylic acids is 2. The van der Waals surface area contributed by atoms with Crippen LogP contribution < -0.4 is 15.8 Å². The third kappa shape index (κ3) is 6.12. The highest BCUT2D eigenvalue weighted by molar-refractivity contribution is 8.00. The minimum Gasteiger partial charge on any atom is -0.439 e. The number of anilines is 1. The van der Waals surface area contributed by atoms with Gasteiger partial charge in [-0.25, -0.2) is 4.98 Å². The number of primary amides is 1. The van der Waals surface area contributed by atoms with Gasteiger partial charge in [0.2, 0.25) is 17.7 Å². The molecule has 0 aliphatic heterocycles. The monoisotopic (exact) mass is 447 g/mol. The fourth-order valence-electron chi connectivity index (χ4n) is 2.28. The van der Waals surface area contributed by atoms with Crippen LogP contribution in [-0.2, 0) is 4.79 Å². The summed E-state index contributed by atoms with van der Waals surface area (Å²) in [5, 5.41) is 3.84. The first-order chi connectivity index (χ1) is 13.9. The Morgan fingerprint density at radius 1 is 1.10 bits per heavy atom. The smallest absolute Gasteiger partial charge is 0.248 e. The first-order valence-electron chi connectivity index (χ1n) is 8.32. The molecular weight excluding hydrogens is 433 g/mol. The van der Waals surface area contributed by atoms with Crippen molar-refractivity contribution in [2.24, 2.45) is 5.73 Å². The second-order valence-corrected chi connectivity index (χ2v) is 7.65. The van der Waals surface area contributed by atoms with Crippen LogP contribution in [0.1, 0.15) is 10.4 Å². The number of rotatable bonds is 7. The number of ether oxygens (including phenoxy) is 1. The molecule has 0 spiro atoms. The zero-order valence-electron chi connectivity index (χ0n) is 14.9. The van der Waals surface area contributed by atoms with E-state index in [1.807, 2.05) is 0 Å². The summed E-state index contributed by atoms with van der Waals surface area (Å²) in [4.78, 5) is 28.3. The molecule has 0 aliphatic carbocycles. The average molecular weight is 448 g/mol. The average Bonchev–Trinajstić information content (AvgIpc) is 2.70. The Kier molecular flexibility index (Phi) is 6.98. The summed E-state index contributed by atoms with van der Waals surface area (Å²) >= 11 is 13.3. The van der Waals surface area contributed by atoms with E-state index in [-0.39, 0.29) is 11.7 Å². The van der Waals surface area contributed by atoms with Crippen molar-refractivity contribution in [2.45, 2.75) is 4.90 Å². The Morgan fingerprint density at radius 2 is 1.93 bits per heavy atom. The molecule has 0 unspecified atom stereocenters. The lowest BCUT2D eigenvalue weighted by Gasteiger charge is -2.08. The largest absolute Gasteiger partial charge is 0.439 e. The summed E-state index contributed by atoms with van der Waals surface area (Å²) in [5.74, 6) is 0.150. The molecular formula is C20H15Cl2N3O3S. The van der Waals surface area contributed by atoms with E-state index in [2.05, 4.69) is 10.3 Å². The number of amides is 2. The predicted molar refractivity (Wildman–Crippen MR) is 115 cm³/mol. The molecule has 3 aromatic rings. The quantitative estimate of drug-likeness (QED) is 0.496. The Balaban J connectivity index is 1.56. The molecule has 0 bridgehead atoms. The first-order valence-corrected chi connectivity index (χ1v) is 10.1. The van der Waals surface area contributed by atoms with Crippen molar-refractivity contribution < 1.29 is 14.3 Å². The Bertz CT molecular complexity index is 1050. The van der Waals surface area contributed by atoms with Crippen molar-refractivity contribution >= 4 is 52.5 Å². The molecule has 0 radical (unpaired) electrons. The van der Waals surface area contributed by atoms with Crippen molar-refractivity contribution in [2.75, 3.05) is 11.1 Å². The van der Waals surface area contributed by atoms with Gasteiger partial charge in [-0.3, -0.25) is 9.59 Å². The maximum absolute atomic E-state index is 12.1. The molecule has 0 fully saturated rings. The fraction of sp³-hybridized carbons (Fsp3) is 0.0500. The van der Waals surface area contributed by atoms with E-state index in [1.165, 1.54) is 24.0 Å². The minimum absolute atomic E-state index is 0.165. The van der Waals surface area contributed by atoms with Crippen LogP contribution in [0.4, 0.5) is 5.69 Å². The van der Waals surface area contributed by atoms with E-state index in [1.54, 1.807) is 48.5 Å². The van der Waals surface area contributed by atoms with Crippen LogP contribution in [0.3, 0.4) is 0 Å². The Morgan fingerprint density at radius 3 is 2.66 bits per heavy atom. The number of halogens is 2. The van der Waals surface area contributed by atoms with E-state index in [0.717, 1.165) is 4.90 Å². The third-order valence-corrected chi connectivity index (χ3v) is 5.35. The van der Waals surface area contributed by atoms with Crippen LogP contribution in [-0.4, -0.2) is 22.6 Å². The SMILES string of the molecule is NC(=O)c1cccc(Oc2ccc(NC(=O)CSc3cc(Cl)ccc3Cl)cn2)c1. The molecule has 1 aromatic heterocycles. The number of nitrogens with zero attached hydrogens (tertiary/aromatic N) is 1. The molecule has 0 saturated heterocycles. The normalized spacial score (nSPS) is 10.4. The van der Waals surface area contributed by atoms with Crippen LogP contribution in [0.2, 0.25) is 10.0 Å². The van der Waals surface area contributed by atoms with Gasteiger partial charge in [-0.1, -0.05) is 29.3 Å². The van der Waals surface area contributed by atoms with Gasteiger partial charge in [-0.2, -0.15) is 0 Å². The maximum atomic E-state index is 12.1. The van der Waals surface area contributed by atoms with Crippen LogP contribution in [0.5, 0.6) is 11.6 Å². The van der Waals surface area contributed by atoms with Crippen molar-refractivity contribution in [1.29, 1.82) is 0 Å². The van der Waals surface area contributed by atoms with Gasteiger partial charge < -0.3 is 15.8 Å². The number of nitrogens with one attached hydrogen (secondary N) is 1. The Labute approximate surface area is 181 Å². The zero-order valence-corrected chi connectivity index (χ0v) is 17.2. The molecule has 2 aromatic carbocycles. The highest BCUT2D eigenvalue weighted by Crippen LogP contribution is 2.30. The molecule has 3 N–H and O–H groups in total. The van der Waals surface area contributed by atoms with Gasteiger partial charge in [0.15, 0.2) is 0 Å². The first kappa shape index (κ1) is 21.0. The second-order valence-electron chi connectivity index (χ2n) is 5.79. The van der Waals surface area contributed by atoms with E-state index >= 15 is 0 Å². The number of aromatic nitrogens is 1. The summed E-state index contributed by atoms with van der Waals surface area (Å²) in [6.45, 7) is 0. The standard InChI is InChI=1S/C20H15Cl2N3O3S/c21-13-4-6-16(22)17(9-13)29-11-18(26)25-14-5-7-19(24-10-14)28-15-3-1-2-12(8-15)20(23)27/h1-10H,11H2,(H2,23,27)(H,25,26). The van der Waals surface area contributed by atoms with Gasteiger partial charge in [0.25, 0.3) is 0 Å². The maximum Gasteiger partial charge on any atom is 0.248 e. The summed E-state index contributed by atoms with van der Waals surface area (Å²) in [6.07, 6.45) is 1.47. The van der Waals surface area contributed by atoms with Crippen molar-refractivity contribution in [3.8, 4) is 11.6 Å². The molecule has 29 heavy (non-hydrogen) atoms. The molecule has 0 saturated carbocycles. The zero-order chi connectivity index (χ0) is 20.8. The Hall–Kier alpha value is -2.74. The van der Waals surface area contributed by atoms with E-state index in [9.17, 15) is 9.59 Å². The van der Waals surface area contributed by atoms with Crippen molar-refractivity contribution in [1.82, 2.24) is 4.98 Å². The number of hydrogen-bond donors (Lipinski definition) is 2. The molecule has 0 atom stereocenters. The van der Waals surface area contributed by atoms with Gasteiger partial charge in [-0.05, 0) is 42.5 Å². The number of pyridine rings is 1. The van der Waals surface area contributed by atoms with Gasteiger partial charge >= 0.3 is 0 Å². The van der Waals surface area contributed by atoms with Crippen LogP contribution in [0, 0.1) is 0 Å². The lowest BCUT2D eigenvalue weighted by molar-refractivity contribution is -0.113. The van der Waals surface area contributed by atoms with Gasteiger partial charge in [0.05, 0.1) is 22.7 Å².